The van der Waals surface area contributed by atoms with Crippen molar-refractivity contribution in [2.75, 3.05) is 0 Å². The second-order valence-corrected chi connectivity index (χ2v) is 2.62. The van der Waals surface area contributed by atoms with Crippen molar-refractivity contribution >= 4 is 0 Å². The molecule has 0 aliphatic rings. The molecule has 0 aromatic carbocycles. The molecule has 66 valence electrons. The maximum Gasteiger partial charge on any atom is 0.295 e. The van der Waals surface area contributed by atoms with Crippen molar-refractivity contribution in [1.82, 2.24) is 19.3 Å². The smallest absolute Gasteiger partial charge is 0.295 e. The van der Waals surface area contributed by atoms with E-state index in [4.69, 9.17) is 0 Å². The average molecular weight is 176 g/mol. The van der Waals surface area contributed by atoms with Gasteiger partial charge in [-0.2, -0.15) is 5.10 Å². The Labute approximate surface area is 74.3 Å². The summed E-state index contributed by atoms with van der Waals surface area (Å²) in [5.74, 6) is 0.315. The molecule has 0 spiro atoms. The molecule has 0 atom stereocenters. The topological polar surface area (TPSA) is 52.7 Å². The number of nitrogens with zero attached hydrogens (tertiary/aromatic N) is 4. The van der Waals surface area contributed by atoms with Gasteiger partial charge in [0.05, 0.1) is 0 Å². The summed E-state index contributed by atoms with van der Waals surface area (Å²) in [6, 6.07) is 1.74. The second-order valence-electron chi connectivity index (χ2n) is 2.62. The number of hydrogen-bond donors (Lipinski definition) is 0. The van der Waals surface area contributed by atoms with Crippen LogP contribution < -0.4 is 5.56 Å². The van der Waals surface area contributed by atoms with Crippen molar-refractivity contribution in [2.24, 2.45) is 7.05 Å². The molecule has 13 heavy (non-hydrogen) atoms. The molecule has 0 fully saturated rings. The van der Waals surface area contributed by atoms with Crippen LogP contribution in [0.1, 0.15) is 0 Å². The number of aryl methyl sites for hydroxylation is 1. The van der Waals surface area contributed by atoms with E-state index < -0.39 is 0 Å². The summed E-state index contributed by atoms with van der Waals surface area (Å²) in [4.78, 5) is 15.5. The lowest BCUT2D eigenvalue weighted by Crippen LogP contribution is -2.23. The van der Waals surface area contributed by atoms with Crippen molar-refractivity contribution in [3.63, 3.8) is 0 Å². The number of hydrogen-bond acceptors (Lipinski definition) is 3. The van der Waals surface area contributed by atoms with Crippen molar-refractivity contribution < 1.29 is 0 Å². The molecule has 0 unspecified atom stereocenters. The SMILES string of the molecule is Cn1ccnc(-n2cccn2)c1=O. The highest BCUT2D eigenvalue weighted by atomic mass is 16.1. The van der Waals surface area contributed by atoms with Gasteiger partial charge < -0.3 is 4.57 Å². The fourth-order valence-electron chi connectivity index (χ4n) is 1.04. The molecule has 0 saturated heterocycles. The van der Waals surface area contributed by atoms with Gasteiger partial charge in [-0.05, 0) is 6.07 Å². The monoisotopic (exact) mass is 176 g/mol. The van der Waals surface area contributed by atoms with Crippen LogP contribution in [0.3, 0.4) is 0 Å². The first-order chi connectivity index (χ1) is 6.29. The molecule has 0 amide bonds. The lowest BCUT2D eigenvalue weighted by molar-refractivity contribution is 0.766. The van der Waals surface area contributed by atoms with Gasteiger partial charge in [0.15, 0.2) is 0 Å². The number of aromatic nitrogens is 4. The Morgan fingerprint density at radius 1 is 1.31 bits per heavy atom. The van der Waals surface area contributed by atoms with Crippen LogP contribution in [-0.4, -0.2) is 19.3 Å². The standard InChI is InChI=1S/C8H8N4O/c1-11-6-4-9-7(8(11)13)12-5-2-3-10-12/h2-6H,1H3. The summed E-state index contributed by atoms with van der Waals surface area (Å²) in [6.07, 6.45) is 6.46. The molecule has 0 aliphatic heterocycles. The molecular formula is C8H8N4O. The van der Waals surface area contributed by atoms with Crippen molar-refractivity contribution in [1.29, 1.82) is 0 Å². The minimum absolute atomic E-state index is 0.161. The maximum atomic E-state index is 11.5. The van der Waals surface area contributed by atoms with Crippen molar-refractivity contribution in [2.45, 2.75) is 0 Å². The van der Waals surface area contributed by atoms with E-state index in [1.54, 1.807) is 37.9 Å². The molecule has 0 N–H and O–H groups in total. The molecule has 0 aliphatic carbocycles. The molecule has 2 aromatic rings. The third kappa shape index (κ3) is 1.24. The van der Waals surface area contributed by atoms with Gasteiger partial charge in [-0.25, -0.2) is 9.67 Å². The van der Waals surface area contributed by atoms with E-state index in [2.05, 4.69) is 10.1 Å². The Hall–Kier alpha value is -1.91. The number of rotatable bonds is 1. The predicted molar refractivity (Wildman–Crippen MR) is 46.6 cm³/mol. The normalized spacial score (nSPS) is 10.2. The first-order valence-electron chi connectivity index (χ1n) is 3.80. The summed E-state index contributed by atoms with van der Waals surface area (Å²) in [7, 11) is 1.68. The van der Waals surface area contributed by atoms with E-state index in [0.29, 0.717) is 5.82 Å². The van der Waals surface area contributed by atoms with Crippen LogP contribution in [0.15, 0.2) is 35.6 Å². The van der Waals surface area contributed by atoms with Crippen LogP contribution >= 0.6 is 0 Å². The maximum absolute atomic E-state index is 11.5. The highest BCUT2D eigenvalue weighted by molar-refractivity contribution is 5.15. The van der Waals surface area contributed by atoms with Gasteiger partial charge in [0.2, 0.25) is 5.82 Å². The van der Waals surface area contributed by atoms with Crippen LogP contribution in [0, 0.1) is 0 Å². The van der Waals surface area contributed by atoms with E-state index in [-0.39, 0.29) is 5.56 Å². The fraction of sp³-hybridized carbons (Fsp3) is 0.125. The highest BCUT2D eigenvalue weighted by Gasteiger charge is 2.03. The molecule has 0 bridgehead atoms. The molecule has 2 aromatic heterocycles. The van der Waals surface area contributed by atoms with E-state index in [9.17, 15) is 4.79 Å². The third-order valence-electron chi connectivity index (χ3n) is 1.72. The lowest BCUT2D eigenvalue weighted by atomic mass is 10.6. The molecule has 2 rings (SSSR count). The first kappa shape index (κ1) is 7.72. The van der Waals surface area contributed by atoms with E-state index >= 15 is 0 Å². The summed E-state index contributed by atoms with van der Waals surface area (Å²) < 4.78 is 2.91. The largest absolute Gasteiger partial charge is 0.314 e. The molecule has 2 heterocycles. The van der Waals surface area contributed by atoms with Gasteiger partial charge in [0, 0.05) is 31.8 Å². The Morgan fingerprint density at radius 3 is 2.85 bits per heavy atom. The van der Waals surface area contributed by atoms with Gasteiger partial charge in [-0.3, -0.25) is 4.79 Å². The van der Waals surface area contributed by atoms with E-state index in [0.717, 1.165) is 0 Å². The van der Waals surface area contributed by atoms with E-state index in [1.165, 1.54) is 9.25 Å². The summed E-state index contributed by atoms with van der Waals surface area (Å²) in [5, 5.41) is 3.93. The fourth-order valence-corrected chi connectivity index (χ4v) is 1.04. The quantitative estimate of drug-likeness (QED) is 0.613. The first-order valence-corrected chi connectivity index (χ1v) is 3.80. The van der Waals surface area contributed by atoms with Crippen LogP contribution in [0.25, 0.3) is 5.82 Å². The average Bonchev–Trinajstić information content (AvgIpc) is 2.62. The van der Waals surface area contributed by atoms with Gasteiger partial charge in [0.25, 0.3) is 5.56 Å². The van der Waals surface area contributed by atoms with Crippen LogP contribution in [-0.2, 0) is 7.05 Å². The molecular weight excluding hydrogens is 168 g/mol. The molecule has 0 saturated carbocycles. The summed E-state index contributed by atoms with van der Waals surface area (Å²) >= 11 is 0. The molecule has 5 nitrogen and oxygen atoms in total. The Kier molecular flexibility index (Phi) is 1.70. The second kappa shape index (κ2) is 2.85. The Morgan fingerprint density at radius 2 is 2.15 bits per heavy atom. The van der Waals surface area contributed by atoms with Crippen molar-refractivity contribution in [3.8, 4) is 5.82 Å². The zero-order chi connectivity index (χ0) is 9.26. The highest BCUT2D eigenvalue weighted by Crippen LogP contribution is 1.92. The summed E-state index contributed by atoms with van der Waals surface area (Å²) in [5.41, 5.74) is -0.161. The van der Waals surface area contributed by atoms with E-state index in [1.807, 2.05) is 0 Å². The minimum atomic E-state index is -0.161. The Bertz CT molecular complexity index is 457. The predicted octanol–water partition coefficient (Wildman–Crippen LogP) is -0.0340. The molecule has 5 heteroatoms. The summed E-state index contributed by atoms with van der Waals surface area (Å²) in [6.45, 7) is 0. The minimum Gasteiger partial charge on any atom is -0.314 e. The molecule has 0 radical (unpaired) electrons. The van der Waals surface area contributed by atoms with Crippen LogP contribution in [0.2, 0.25) is 0 Å². The zero-order valence-electron chi connectivity index (χ0n) is 7.08. The van der Waals surface area contributed by atoms with Gasteiger partial charge in [0.1, 0.15) is 0 Å². The van der Waals surface area contributed by atoms with Gasteiger partial charge >= 0.3 is 0 Å². The van der Waals surface area contributed by atoms with Gasteiger partial charge in [-0.15, -0.1) is 0 Å². The third-order valence-corrected chi connectivity index (χ3v) is 1.72. The zero-order valence-corrected chi connectivity index (χ0v) is 7.08. The van der Waals surface area contributed by atoms with Crippen LogP contribution in [0.5, 0.6) is 0 Å². The van der Waals surface area contributed by atoms with Crippen molar-refractivity contribution in [3.05, 3.63) is 41.2 Å². The van der Waals surface area contributed by atoms with Gasteiger partial charge in [-0.1, -0.05) is 0 Å². The lowest BCUT2D eigenvalue weighted by Gasteiger charge is -2.00. The Balaban J connectivity index is 2.66. The van der Waals surface area contributed by atoms with Crippen LogP contribution in [0.4, 0.5) is 0 Å².